The second kappa shape index (κ2) is 6.54. The standard InChI is InChI=1S/C14H24N2O4/c1-11(2)3-6-15-12(17)13(18)16-7-4-14(5-8-16)19-9-10-20-14/h11H,3-10H2,1-2H3,(H,15,17). The zero-order valence-electron chi connectivity index (χ0n) is 12.3. The molecule has 2 rings (SSSR count). The number of rotatable bonds is 3. The Hall–Kier alpha value is -1.14. The fourth-order valence-electron chi connectivity index (χ4n) is 2.53. The summed E-state index contributed by atoms with van der Waals surface area (Å²) in [4.78, 5) is 25.4. The Morgan fingerprint density at radius 1 is 1.20 bits per heavy atom. The summed E-state index contributed by atoms with van der Waals surface area (Å²) in [5, 5.41) is 2.68. The van der Waals surface area contributed by atoms with Gasteiger partial charge >= 0.3 is 11.8 Å². The Balaban J connectivity index is 1.75. The van der Waals surface area contributed by atoms with Gasteiger partial charge in [0.2, 0.25) is 0 Å². The first-order valence-corrected chi connectivity index (χ1v) is 7.37. The summed E-state index contributed by atoms with van der Waals surface area (Å²) in [7, 11) is 0. The minimum Gasteiger partial charge on any atom is -0.348 e. The van der Waals surface area contributed by atoms with E-state index in [9.17, 15) is 9.59 Å². The summed E-state index contributed by atoms with van der Waals surface area (Å²) in [5.74, 6) is -0.946. The van der Waals surface area contributed by atoms with Crippen molar-refractivity contribution in [3.63, 3.8) is 0 Å². The number of likely N-dealkylation sites (tertiary alicyclic amines) is 1. The number of carbonyl (C=O) groups is 2. The van der Waals surface area contributed by atoms with Gasteiger partial charge in [-0.05, 0) is 12.3 Å². The summed E-state index contributed by atoms with van der Waals surface area (Å²) >= 11 is 0. The van der Waals surface area contributed by atoms with Crippen LogP contribution in [-0.2, 0) is 19.1 Å². The second-order valence-corrected chi connectivity index (χ2v) is 5.84. The van der Waals surface area contributed by atoms with Gasteiger partial charge in [-0.25, -0.2) is 0 Å². The summed E-state index contributed by atoms with van der Waals surface area (Å²) < 4.78 is 11.2. The predicted molar refractivity (Wildman–Crippen MR) is 72.9 cm³/mol. The normalized spacial score (nSPS) is 21.4. The quantitative estimate of drug-likeness (QED) is 0.767. The van der Waals surface area contributed by atoms with Crippen molar-refractivity contribution >= 4 is 11.8 Å². The molecule has 6 heteroatoms. The minimum absolute atomic E-state index is 0.443. The lowest BCUT2D eigenvalue weighted by Crippen LogP contribution is -2.51. The van der Waals surface area contributed by atoms with E-state index < -0.39 is 17.6 Å². The molecule has 0 radical (unpaired) electrons. The van der Waals surface area contributed by atoms with E-state index in [2.05, 4.69) is 19.2 Å². The maximum atomic E-state index is 12.0. The van der Waals surface area contributed by atoms with Crippen molar-refractivity contribution < 1.29 is 19.1 Å². The molecule has 2 fully saturated rings. The van der Waals surface area contributed by atoms with Gasteiger partial charge in [0.05, 0.1) is 13.2 Å². The number of nitrogens with zero attached hydrogens (tertiary/aromatic N) is 1. The Bertz CT molecular complexity index is 354. The molecule has 2 aliphatic heterocycles. The van der Waals surface area contributed by atoms with E-state index in [-0.39, 0.29) is 0 Å². The number of ether oxygens (including phenoxy) is 2. The third-order valence-corrected chi connectivity index (χ3v) is 3.83. The smallest absolute Gasteiger partial charge is 0.311 e. The maximum absolute atomic E-state index is 12.0. The number of carbonyl (C=O) groups excluding carboxylic acids is 2. The summed E-state index contributed by atoms with van der Waals surface area (Å²) in [5.41, 5.74) is 0. The first-order valence-electron chi connectivity index (χ1n) is 7.37. The van der Waals surface area contributed by atoms with Gasteiger partial charge < -0.3 is 19.7 Å². The highest BCUT2D eigenvalue weighted by atomic mass is 16.7. The molecule has 6 nitrogen and oxygen atoms in total. The Kier molecular flexibility index (Phi) is 4.99. The highest BCUT2D eigenvalue weighted by molar-refractivity contribution is 6.35. The monoisotopic (exact) mass is 284 g/mol. The lowest BCUT2D eigenvalue weighted by atomic mass is 10.0. The zero-order chi connectivity index (χ0) is 14.6. The molecule has 20 heavy (non-hydrogen) atoms. The van der Waals surface area contributed by atoms with Crippen LogP contribution in [0.5, 0.6) is 0 Å². The fraction of sp³-hybridized carbons (Fsp3) is 0.857. The molecule has 1 spiro atoms. The molecule has 2 amide bonds. The molecule has 0 aromatic carbocycles. The van der Waals surface area contributed by atoms with E-state index in [0.29, 0.717) is 51.6 Å². The number of piperidine rings is 1. The van der Waals surface area contributed by atoms with Crippen LogP contribution in [0.15, 0.2) is 0 Å². The van der Waals surface area contributed by atoms with Crippen molar-refractivity contribution in [2.75, 3.05) is 32.8 Å². The van der Waals surface area contributed by atoms with Crippen LogP contribution in [-0.4, -0.2) is 55.3 Å². The van der Waals surface area contributed by atoms with E-state index in [4.69, 9.17) is 9.47 Å². The maximum Gasteiger partial charge on any atom is 0.311 e. The number of nitrogens with one attached hydrogen (secondary N) is 1. The first kappa shape index (κ1) is 15.3. The van der Waals surface area contributed by atoms with Crippen LogP contribution < -0.4 is 5.32 Å². The summed E-state index contributed by atoms with van der Waals surface area (Å²) in [6.07, 6.45) is 2.15. The molecule has 0 aromatic heterocycles. The van der Waals surface area contributed by atoms with E-state index in [0.717, 1.165) is 6.42 Å². The third-order valence-electron chi connectivity index (χ3n) is 3.83. The van der Waals surface area contributed by atoms with E-state index in [1.165, 1.54) is 0 Å². The van der Waals surface area contributed by atoms with Crippen LogP contribution >= 0.6 is 0 Å². The van der Waals surface area contributed by atoms with Crippen molar-refractivity contribution in [1.82, 2.24) is 10.2 Å². The molecular formula is C14H24N2O4. The van der Waals surface area contributed by atoms with Crippen LogP contribution in [0, 0.1) is 5.92 Å². The number of amides is 2. The fourth-order valence-corrected chi connectivity index (χ4v) is 2.53. The molecule has 0 aliphatic carbocycles. The lowest BCUT2D eigenvalue weighted by Gasteiger charge is -2.37. The Labute approximate surface area is 119 Å². The third kappa shape index (κ3) is 3.70. The molecule has 0 atom stereocenters. The van der Waals surface area contributed by atoms with Crippen LogP contribution in [0.4, 0.5) is 0 Å². The van der Waals surface area contributed by atoms with Gasteiger partial charge in [-0.3, -0.25) is 9.59 Å². The highest BCUT2D eigenvalue weighted by Gasteiger charge is 2.41. The van der Waals surface area contributed by atoms with Gasteiger partial charge in [-0.1, -0.05) is 13.8 Å². The zero-order valence-corrected chi connectivity index (χ0v) is 12.3. The number of hydrogen-bond acceptors (Lipinski definition) is 4. The lowest BCUT2D eigenvalue weighted by molar-refractivity contribution is -0.188. The van der Waals surface area contributed by atoms with Crippen LogP contribution in [0.2, 0.25) is 0 Å². The average Bonchev–Trinajstić information content (AvgIpc) is 2.86. The van der Waals surface area contributed by atoms with Crippen molar-refractivity contribution in [3.05, 3.63) is 0 Å². The molecule has 2 aliphatic rings. The molecule has 2 saturated heterocycles. The summed E-state index contributed by atoms with van der Waals surface area (Å²) in [6, 6.07) is 0. The average molecular weight is 284 g/mol. The van der Waals surface area contributed by atoms with Gasteiger partial charge in [0.25, 0.3) is 0 Å². The molecular weight excluding hydrogens is 260 g/mol. The van der Waals surface area contributed by atoms with Gasteiger partial charge in [-0.2, -0.15) is 0 Å². The molecule has 0 unspecified atom stereocenters. The van der Waals surface area contributed by atoms with Crippen molar-refractivity contribution in [1.29, 1.82) is 0 Å². The van der Waals surface area contributed by atoms with E-state index in [1.807, 2.05) is 0 Å². The molecule has 1 N–H and O–H groups in total. The van der Waals surface area contributed by atoms with Gasteiger partial charge in [-0.15, -0.1) is 0 Å². The largest absolute Gasteiger partial charge is 0.348 e. The molecule has 0 aromatic rings. The summed E-state index contributed by atoms with van der Waals surface area (Å²) in [6.45, 7) is 6.96. The van der Waals surface area contributed by atoms with Crippen molar-refractivity contribution in [2.24, 2.45) is 5.92 Å². The highest BCUT2D eigenvalue weighted by Crippen LogP contribution is 2.31. The van der Waals surface area contributed by atoms with E-state index in [1.54, 1.807) is 4.90 Å². The Morgan fingerprint density at radius 2 is 1.80 bits per heavy atom. The van der Waals surface area contributed by atoms with Crippen molar-refractivity contribution in [3.8, 4) is 0 Å². The van der Waals surface area contributed by atoms with Gasteiger partial charge in [0.1, 0.15) is 0 Å². The molecule has 0 bridgehead atoms. The van der Waals surface area contributed by atoms with Crippen LogP contribution in [0.1, 0.15) is 33.1 Å². The SMILES string of the molecule is CC(C)CCNC(=O)C(=O)N1CCC2(CC1)OCCO2. The number of hydrogen-bond donors (Lipinski definition) is 1. The first-order chi connectivity index (χ1) is 9.52. The van der Waals surface area contributed by atoms with Crippen LogP contribution in [0.25, 0.3) is 0 Å². The topological polar surface area (TPSA) is 67.9 Å². The second-order valence-electron chi connectivity index (χ2n) is 5.84. The minimum atomic E-state index is -0.509. The molecule has 114 valence electrons. The molecule has 0 saturated carbocycles. The van der Waals surface area contributed by atoms with E-state index >= 15 is 0 Å². The van der Waals surface area contributed by atoms with Gasteiger partial charge in [0.15, 0.2) is 5.79 Å². The predicted octanol–water partition coefficient (Wildman–Crippen LogP) is 0.514. The van der Waals surface area contributed by atoms with Gasteiger partial charge in [0, 0.05) is 32.5 Å². The van der Waals surface area contributed by atoms with Crippen molar-refractivity contribution in [2.45, 2.75) is 38.9 Å². The Morgan fingerprint density at radius 3 is 2.35 bits per heavy atom. The molecule has 2 heterocycles. The van der Waals surface area contributed by atoms with Crippen LogP contribution in [0.3, 0.4) is 0 Å².